The molecule has 1 unspecified atom stereocenters. The average molecular weight is 411 g/mol. The minimum absolute atomic E-state index is 0.122. The number of benzene rings is 1. The van der Waals surface area contributed by atoms with Gasteiger partial charge in [0, 0.05) is 37.2 Å². The zero-order valence-corrected chi connectivity index (χ0v) is 16.5. The fourth-order valence-corrected chi connectivity index (χ4v) is 3.84. The smallest absolute Gasteiger partial charge is 0.371 e. The number of hydrogen-bond acceptors (Lipinski definition) is 4. The lowest BCUT2D eigenvalue weighted by atomic mass is 10.1. The highest BCUT2D eigenvalue weighted by Gasteiger charge is 2.33. The second-order valence-corrected chi connectivity index (χ2v) is 7.58. The number of nitrogens with one attached hydrogen (secondary N) is 2. The van der Waals surface area contributed by atoms with Crippen molar-refractivity contribution in [1.29, 1.82) is 0 Å². The number of para-hydroxylation sites is 1. The highest BCUT2D eigenvalue weighted by molar-refractivity contribution is 7.09. The van der Waals surface area contributed by atoms with Crippen LogP contribution in [0.5, 0.6) is 0 Å². The highest BCUT2D eigenvalue weighted by Crippen LogP contribution is 2.30. The van der Waals surface area contributed by atoms with Crippen LogP contribution in [0.3, 0.4) is 0 Å². The van der Waals surface area contributed by atoms with E-state index in [9.17, 15) is 13.2 Å². The Morgan fingerprint density at radius 3 is 2.75 bits per heavy atom. The van der Waals surface area contributed by atoms with Crippen LogP contribution in [0.1, 0.15) is 24.0 Å². The van der Waals surface area contributed by atoms with Crippen LogP contribution in [-0.4, -0.2) is 37.1 Å². The van der Waals surface area contributed by atoms with Crippen LogP contribution in [-0.2, 0) is 12.7 Å². The lowest BCUT2D eigenvalue weighted by Gasteiger charge is -2.19. The first-order valence-electron chi connectivity index (χ1n) is 9.29. The second kappa shape index (κ2) is 9.27. The van der Waals surface area contributed by atoms with Crippen molar-refractivity contribution in [2.45, 2.75) is 26.1 Å². The summed E-state index contributed by atoms with van der Waals surface area (Å²) in [6, 6.07) is 10.3. The molecule has 1 atom stereocenters. The van der Waals surface area contributed by atoms with E-state index >= 15 is 0 Å². The number of anilines is 1. The first-order valence-corrected chi connectivity index (χ1v) is 10.2. The van der Waals surface area contributed by atoms with Crippen molar-refractivity contribution in [3.05, 3.63) is 46.4 Å². The van der Waals surface area contributed by atoms with Gasteiger partial charge in [-0.2, -0.15) is 13.2 Å². The largest absolute Gasteiger partial charge is 0.434 e. The number of rotatable bonds is 6. The summed E-state index contributed by atoms with van der Waals surface area (Å²) < 4.78 is 37.9. The molecule has 1 aliphatic rings. The van der Waals surface area contributed by atoms with E-state index in [0.29, 0.717) is 23.4 Å². The second-order valence-electron chi connectivity index (χ2n) is 6.64. The van der Waals surface area contributed by atoms with Crippen LogP contribution in [0.4, 0.5) is 18.9 Å². The molecule has 9 heteroatoms. The Kier molecular flexibility index (Phi) is 6.77. The lowest BCUT2D eigenvalue weighted by molar-refractivity contribution is -0.140. The molecule has 0 aliphatic carbocycles. The van der Waals surface area contributed by atoms with E-state index < -0.39 is 11.9 Å². The third kappa shape index (κ3) is 5.60. The number of hydrogen-bond donors (Lipinski definition) is 2. The van der Waals surface area contributed by atoms with Crippen molar-refractivity contribution >= 4 is 23.0 Å². The van der Waals surface area contributed by atoms with Crippen molar-refractivity contribution < 1.29 is 13.2 Å². The third-order valence-corrected chi connectivity index (χ3v) is 5.36. The minimum atomic E-state index is -4.41. The number of guanidine groups is 1. The molecule has 1 saturated heterocycles. The van der Waals surface area contributed by atoms with E-state index in [1.54, 1.807) is 0 Å². The van der Waals surface area contributed by atoms with Crippen molar-refractivity contribution in [1.82, 2.24) is 15.6 Å². The summed E-state index contributed by atoms with van der Waals surface area (Å²) in [6.45, 7) is 5.51. The summed E-state index contributed by atoms with van der Waals surface area (Å²) in [5, 5.41) is 7.82. The number of aromatic nitrogens is 1. The van der Waals surface area contributed by atoms with Crippen LogP contribution >= 0.6 is 11.3 Å². The Labute approximate surface area is 166 Å². The quantitative estimate of drug-likeness (QED) is 0.562. The van der Waals surface area contributed by atoms with E-state index in [4.69, 9.17) is 0 Å². The fraction of sp³-hybridized carbons (Fsp3) is 0.474. The van der Waals surface area contributed by atoms with Gasteiger partial charge in [0.15, 0.2) is 11.7 Å². The van der Waals surface area contributed by atoms with Crippen LogP contribution in [0.2, 0.25) is 0 Å². The Bertz CT molecular complexity index is 775. The zero-order valence-electron chi connectivity index (χ0n) is 15.7. The van der Waals surface area contributed by atoms with Crippen molar-refractivity contribution in [3.8, 4) is 0 Å². The Balaban J connectivity index is 1.52. The van der Waals surface area contributed by atoms with Gasteiger partial charge in [0.25, 0.3) is 0 Å². The molecule has 0 saturated carbocycles. The molecule has 5 nitrogen and oxygen atoms in total. The van der Waals surface area contributed by atoms with Gasteiger partial charge >= 0.3 is 6.18 Å². The molecule has 0 spiro atoms. The molecule has 3 rings (SSSR count). The first-order chi connectivity index (χ1) is 13.5. The number of halogens is 3. The van der Waals surface area contributed by atoms with Gasteiger partial charge in [-0.05, 0) is 31.4 Å². The van der Waals surface area contributed by atoms with Gasteiger partial charge in [0.05, 0.1) is 6.54 Å². The number of thiazole rings is 1. The Morgan fingerprint density at radius 1 is 1.29 bits per heavy atom. The topological polar surface area (TPSA) is 52.6 Å². The molecule has 2 heterocycles. The monoisotopic (exact) mass is 411 g/mol. The van der Waals surface area contributed by atoms with Gasteiger partial charge in [0.1, 0.15) is 5.01 Å². The van der Waals surface area contributed by atoms with E-state index in [1.807, 2.05) is 25.1 Å². The summed E-state index contributed by atoms with van der Waals surface area (Å²) in [7, 11) is 0. The summed E-state index contributed by atoms with van der Waals surface area (Å²) >= 11 is 0.977. The highest BCUT2D eigenvalue weighted by atomic mass is 32.1. The average Bonchev–Trinajstić information content (AvgIpc) is 3.34. The molecular weight excluding hydrogens is 387 g/mol. The van der Waals surface area contributed by atoms with Gasteiger partial charge in [-0.1, -0.05) is 18.2 Å². The molecule has 1 aromatic heterocycles. The number of aliphatic imine (C=N–C) groups is 1. The molecule has 0 bridgehead atoms. The maximum Gasteiger partial charge on any atom is 0.434 e. The maximum absolute atomic E-state index is 12.6. The van der Waals surface area contributed by atoms with Gasteiger partial charge < -0.3 is 15.5 Å². The lowest BCUT2D eigenvalue weighted by Crippen LogP contribution is -2.40. The molecule has 1 aliphatic heterocycles. The van der Waals surface area contributed by atoms with Gasteiger partial charge in [-0.3, -0.25) is 0 Å². The minimum Gasteiger partial charge on any atom is -0.371 e. The van der Waals surface area contributed by atoms with Crippen LogP contribution in [0, 0.1) is 5.92 Å². The maximum atomic E-state index is 12.6. The Morgan fingerprint density at radius 2 is 2.07 bits per heavy atom. The molecular formula is C19H24F3N5S. The number of nitrogens with zero attached hydrogens (tertiary/aromatic N) is 3. The fourth-order valence-electron chi connectivity index (χ4n) is 3.12. The van der Waals surface area contributed by atoms with Crippen LogP contribution < -0.4 is 15.5 Å². The van der Waals surface area contributed by atoms with Crippen molar-refractivity contribution in [3.63, 3.8) is 0 Å². The molecule has 28 heavy (non-hydrogen) atoms. The summed E-state index contributed by atoms with van der Waals surface area (Å²) in [5.74, 6) is 1.09. The number of alkyl halides is 3. The SMILES string of the molecule is CCNC(=NCc1nc(C(F)(F)F)cs1)NCC1CCN(c2ccccc2)C1. The normalized spacial score (nSPS) is 17.8. The standard InChI is InChI=1S/C19H24F3N5S/c1-2-23-18(25-11-17-26-16(13-28-17)19(20,21)22)24-10-14-8-9-27(12-14)15-6-4-3-5-7-15/h3-7,13-14H,2,8-12H2,1H3,(H2,23,24,25). The van der Waals surface area contributed by atoms with E-state index in [2.05, 4.69) is 37.6 Å². The van der Waals surface area contributed by atoms with Crippen LogP contribution in [0.15, 0.2) is 40.7 Å². The molecule has 0 amide bonds. The molecule has 2 aromatic rings. The summed E-state index contributed by atoms with van der Waals surface area (Å²) in [6.07, 6.45) is -3.32. The molecule has 152 valence electrons. The predicted molar refractivity (Wildman–Crippen MR) is 107 cm³/mol. The predicted octanol–water partition coefficient (Wildman–Crippen LogP) is 3.74. The van der Waals surface area contributed by atoms with E-state index in [1.165, 1.54) is 5.69 Å². The summed E-state index contributed by atoms with van der Waals surface area (Å²) in [4.78, 5) is 10.4. The first kappa shape index (κ1) is 20.4. The molecule has 1 fully saturated rings. The van der Waals surface area contributed by atoms with E-state index in [-0.39, 0.29) is 6.54 Å². The molecule has 0 radical (unpaired) electrons. The van der Waals surface area contributed by atoms with Crippen molar-refractivity contribution in [2.24, 2.45) is 10.9 Å². The van der Waals surface area contributed by atoms with Gasteiger partial charge in [-0.15, -0.1) is 11.3 Å². The Hall–Kier alpha value is -2.29. The molecule has 1 aromatic carbocycles. The van der Waals surface area contributed by atoms with Gasteiger partial charge in [-0.25, -0.2) is 9.98 Å². The third-order valence-electron chi connectivity index (χ3n) is 4.52. The molecule has 2 N–H and O–H groups in total. The van der Waals surface area contributed by atoms with Gasteiger partial charge in [0.2, 0.25) is 0 Å². The van der Waals surface area contributed by atoms with E-state index in [0.717, 1.165) is 42.8 Å². The summed E-state index contributed by atoms with van der Waals surface area (Å²) in [5.41, 5.74) is 0.377. The van der Waals surface area contributed by atoms with Crippen molar-refractivity contribution in [2.75, 3.05) is 31.1 Å². The van der Waals surface area contributed by atoms with Crippen LogP contribution in [0.25, 0.3) is 0 Å². The zero-order chi connectivity index (χ0) is 20.0.